The maximum atomic E-state index is 12.6. The minimum absolute atomic E-state index is 0.0735. The number of fused-ring (bicyclic) bond motifs is 1. The maximum Gasteiger partial charge on any atom is 0.240 e. The normalized spacial score (nSPS) is 18.4. The van der Waals surface area contributed by atoms with Gasteiger partial charge in [0.1, 0.15) is 5.76 Å². The number of nitrogens with zero attached hydrogens (tertiary/aromatic N) is 4. The molecule has 4 N–H and O–H groups in total. The Hall–Kier alpha value is -3.48. The van der Waals surface area contributed by atoms with Crippen LogP contribution in [-0.2, 0) is 23.1 Å². The fourth-order valence-corrected chi connectivity index (χ4v) is 5.24. The summed E-state index contributed by atoms with van der Waals surface area (Å²) in [6.07, 6.45) is 6.19. The van der Waals surface area contributed by atoms with Gasteiger partial charge in [0.05, 0.1) is 30.1 Å². The summed E-state index contributed by atoms with van der Waals surface area (Å²) in [6, 6.07) is 10.0. The van der Waals surface area contributed by atoms with E-state index in [-0.39, 0.29) is 23.6 Å². The van der Waals surface area contributed by atoms with E-state index in [1.54, 1.807) is 30.6 Å². The molecule has 0 atom stereocenters. The molecule has 1 aliphatic rings. The first-order valence-corrected chi connectivity index (χ1v) is 13.5. The number of aliphatic hydroxyl groups excluding tert-OH is 1. The second kappa shape index (κ2) is 10.2. The lowest BCUT2D eigenvalue weighted by Crippen LogP contribution is -2.29. The summed E-state index contributed by atoms with van der Waals surface area (Å²) in [5.41, 5.74) is 1.99. The molecule has 0 amide bonds. The van der Waals surface area contributed by atoms with Gasteiger partial charge in [-0.25, -0.2) is 18.1 Å². The summed E-state index contributed by atoms with van der Waals surface area (Å²) in [6.45, 7) is 2.80. The van der Waals surface area contributed by atoms with Gasteiger partial charge in [0.2, 0.25) is 16.0 Å². The largest absolute Gasteiger partial charge is 0.468 e. The Balaban J connectivity index is 1.35. The number of nitrogens with one attached hydrogen (secondary N) is 3. The highest BCUT2D eigenvalue weighted by Crippen LogP contribution is 2.27. The van der Waals surface area contributed by atoms with Crippen LogP contribution in [0.4, 0.5) is 17.5 Å². The van der Waals surface area contributed by atoms with Gasteiger partial charge in [0.25, 0.3) is 0 Å². The molecular formula is C24H29N7O4S. The van der Waals surface area contributed by atoms with E-state index in [0.717, 1.165) is 25.7 Å². The molecule has 0 saturated heterocycles. The van der Waals surface area contributed by atoms with Gasteiger partial charge < -0.3 is 24.7 Å². The Labute approximate surface area is 209 Å². The highest BCUT2D eigenvalue weighted by molar-refractivity contribution is 7.89. The minimum Gasteiger partial charge on any atom is -0.468 e. The van der Waals surface area contributed by atoms with Crippen molar-refractivity contribution in [3.05, 3.63) is 54.7 Å². The third-order valence-electron chi connectivity index (χ3n) is 6.28. The molecule has 0 unspecified atom stereocenters. The van der Waals surface area contributed by atoms with Crippen LogP contribution in [0.15, 0.2) is 58.3 Å². The van der Waals surface area contributed by atoms with Gasteiger partial charge in [-0.3, -0.25) is 0 Å². The molecule has 0 spiro atoms. The molecule has 0 radical (unpaired) electrons. The standard InChI is InChI=1S/C24H29N7O4S/c1-2-31-15-25-21-22(29-24(30-23(21)31)28-17-5-9-18(32)10-6-17)27-16-7-11-20(12-8-16)36(33,34)26-14-19-4-3-13-35-19/h3-4,7-8,11-13,15,17-18,26,32H,2,5-6,9-10,14H2,1H3,(H2,27,28,29,30). The summed E-state index contributed by atoms with van der Waals surface area (Å²) in [5.74, 6) is 1.55. The van der Waals surface area contributed by atoms with Crippen molar-refractivity contribution in [3.63, 3.8) is 0 Å². The van der Waals surface area contributed by atoms with Crippen LogP contribution >= 0.6 is 0 Å². The van der Waals surface area contributed by atoms with E-state index in [4.69, 9.17) is 4.42 Å². The van der Waals surface area contributed by atoms with E-state index in [9.17, 15) is 13.5 Å². The summed E-state index contributed by atoms with van der Waals surface area (Å²) in [7, 11) is -3.69. The summed E-state index contributed by atoms with van der Waals surface area (Å²) >= 11 is 0. The zero-order chi connectivity index (χ0) is 25.1. The van der Waals surface area contributed by atoms with Gasteiger partial charge in [-0.1, -0.05) is 0 Å². The molecule has 1 aliphatic carbocycles. The van der Waals surface area contributed by atoms with Crippen molar-refractivity contribution in [1.29, 1.82) is 0 Å². The number of hydrogen-bond donors (Lipinski definition) is 4. The lowest BCUT2D eigenvalue weighted by atomic mass is 9.93. The first-order chi connectivity index (χ1) is 17.4. The Morgan fingerprint density at radius 3 is 2.58 bits per heavy atom. The molecule has 36 heavy (non-hydrogen) atoms. The number of sulfonamides is 1. The lowest BCUT2D eigenvalue weighted by Gasteiger charge is -2.26. The zero-order valence-corrected chi connectivity index (χ0v) is 20.7. The van der Waals surface area contributed by atoms with Crippen molar-refractivity contribution in [3.8, 4) is 0 Å². The molecule has 3 aromatic heterocycles. The van der Waals surface area contributed by atoms with Crippen LogP contribution in [0.3, 0.4) is 0 Å². The van der Waals surface area contributed by atoms with Crippen LogP contribution in [0.5, 0.6) is 0 Å². The Kier molecular flexibility index (Phi) is 6.90. The number of rotatable bonds is 9. The molecule has 0 bridgehead atoms. The number of aryl methyl sites for hydroxylation is 1. The second-order valence-corrected chi connectivity index (χ2v) is 10.6. The molecule has 190 valence electrons. The van der Waals surface area contributed by atoms with Crippen molar-refractivity contribution in [2.24, 2.45) is 0 Å². The van der Waals surface area contributed by atoms with E-state index in [1.807, 2.05) is 11.5 Å². The van der Waals surface area contributed by atoms with E-state index < -0.39 is 10.0 Å². The van der Waals surface area contributed by atoms with Crippen LogP contribution in [0.2, 0.25) is 0 Å². The van der Waals surface area contributed by atoms with Crippen molar-refractivity contribution < 1.29 is 17.9 Å². The average molecular weight is 512 g/mol. The molecule has 0 aliphatic heterocycles. The molecule has 4 aromatic rings. The second-order valence-electron chi connectivity index (χ2n) is 8.80. The van der Waals surface area contributed by atoms with Gasteiger partial charge in [-0.15, -0.1) is 0 Å². The van der Waals surface area contributed by atoms with Crippen molar-refractivity contribution in [2.45, 2.75) is 62.7 Å². The van der Waals surface area contributed by atoms with E-state index in [2.05, 4.69) is 30.3 Å². The highest BCUT2D eigenvalue weighted by Gasteiger charge is 2.21. The summed E-state index contributed by atoms with van der Waals surface area (Å²) in [5, 5.41) is 16.5. The molecule has 3 heterocycles. The van der Waals surface area contributed by atoms with Crippen molar-refractivity contribution in [1.82, 2.24) is 24.2 Å². The molecular weight excluding hydrogens is 482 g/mol. The first-order valence-electron chi connectivity index (χ1n) is 12.0. The third-order valence-corrected chi connectivity index (χ3v) is 7.70. The van der Waals surface area contributed by atoms with Crippen LogP contribution in [0, 0.1) is 0 Å². The predicted molar refractivity (Wildman–Crippen MR) is 135 cm³/mol. The van der Waals surface area contributed by atoms with E-state index in [1.165, 1.54) is 18.4 Å². The summed E-state index contributed by atoms with van der Waals surface area (Å²) < 4.78 is 34.9. The quantitative estimate of drug-likeness (QED) is 0.265. The summed E-state index contributed by atoms with van der Waals surface area (Å²) in [4.78, 5) is 14.0. The number of imidazole rings is 1. The lowest BCUT2D eigenvalue weighted by molar-refractivity contribution is 0.126. The predicted octanol–water partition coefficient (Wildman–Crippen LogP) is 3.38. The fourth-order valence-electron chi connectivity index (χ4n) is 4.25. The van der Waals surface area contributed by atoms with Crippen molar-refractivity contribution in [2.75, 3.05) is 10.6 Å². The number of hydrogen-bond acceptors (Lipinski definition) is 9. The van der Waals surface area contributed by atoms with Crippen LogP contribution < -0.4 is 15.4 Å². The van der Waals surface area contributed by atoms with Crippen LogP contribution in [0.1, 0.15) is 38.4 Å². The number of furan rings is 1. The first kappa shape index (κ1) is 24.2. The third kappa shape index (κ3) is 5.35. The topological polar surface area (TPSA) is 147 Å². The van der Waals surface area contributed by atoms with Gasteiger partial charge >= 0.3 is 0 Å². The number of aliphatic hydroxyl groups is 1. The highest BCUT2D eigenvalue weighted by atomic mass is 32.2. The van der Waals surface area contributed by atoms with Gasteiger partial charge in [-0.05, 0) is 69.0 Å². The zero-order valence-electron chi connectivity index (χ0n) is 19.9. The maximum absolute atomic E-state index is 12.6. The molecule has 5 rings (SSSR count). The van der Waals surface area contributed by atoms with Crippen molar-refractivity contribution >= 4 is 38.6 Å². The number of benzene rings is 1. The molecule has 12 heteroatoms. The number of aromatic nitrogens is 4. The van der Waals surface area contributed by atoms with E-state index >= 15 is 0 Å². The minimum atomic E-state index is -3.69. The van der Waals surface area contributed by atoms with Gasteiger partial charge in [0.15, 0.2) is 17.0 Å². The smallest absolute Gasteiger partial charge is 0.240 e. The van der Waals surface area contributed by atoms with Crippen LogP contribution in [-0.4, -0.2) is 45.2 Å². The average Bonchev–Trinajstić information content (AvgIpc) is 3.55. The Bertz CT molecular complexity index is 1410. The molecule has 1 fully saturated rings. The van der Waals surface area contributed by atoms with Crippen LogP contribution in [0.25, 0.3) is 11.2 Å². The Morgan fingerprint density at radius 2 is 1.89 bits per heavy atom. The van der Waals surface area contributed by atoms with Gasteiger partial charge in [-0.2, -0.15) is 9.97 Å². The monoisotopic (exact) mass is 511 g/mol. The molecule has 1 saturated carbocycles. The number of anilines is 3. The SMILES string of the molecule is CCn1cnc2c(Nc3ccc(S(=O)(=O)NCc4ccco4)cc3)nc(NC3CCC(O)CC3)nc21. The Morgan fingerprint density at radius 1 is 1.11 bits per heavy atom. The van der Waals surface area contributed by atoms with E-state index in [0.29, 0.717) is 40.9 Å². The fraction of sp³-hybridized carbons (Fsp3) is 0.375. The molecule has 11 nitrogen and oxygen atoms in total. The molecule has 1 aromatic carbocycles. The van der Waals surface area contributed by atoms with Gasteiger partial charge in [0, 0.05) is 18.3 Å².